The first kappa shape index (κ1) is 23.4. The van der Waals surface area contributed by atoms with Gasteiger partial charge >= 0.3 is 0 Å². The quantitative estimate of drug-likeness (QED) is 0.273. The summed E-state index contributed by atoms with van der Waals surface area (Å²) in [6.45, 7) is 0. The molecule has 0 atom stereocenters. The Kier molecular flexibility index (Phi) is 5.64. The molecule has 0 aliphatic heterocycles. The van der Waals surface area contributed by atoms with Crippen molar-refractivity contribution in [1.82, 2.24) is 14.6 Å². The molecule has 0 saturated heterocycles. The first-order valence-corrected chi connectivity index (χ1v) is 11.6. The van der Waals surface area contributed by atoms with Crippen molar-refractivity contribution in [2.45, 2.75) is 6.43 Å². The number of halogens is 2. The Balaban J connectivity index is 1.42. The highest BCUT2D eigenvalue weighted by Gasteiger charge is 2.23. The molecule has 0 spiro atoms. The molecule has 3 aromatic heterocycles. The average molecular weight is 514 g/mol. The number of alkyl halides is 2. The topological polar surface area (TPSA) is 90.9 Å². The average Bonchev–Trinajstić information content (AvgIpc) is 3.53. The summed E-state index contributed by atoms with van der Waals surface area (Å²) in [4.78, 5) is 17.9. The first-order valence-electron chi connectivity index (χ1n) is 11.6. The van der Waals surface area contributed by atoms with Gasteiger partial charge in [0.25, 0.3) is 12.3 Å². The zero-order chi connectivity index (χ0) is 26.4. The number of aromatic nitrogens is 3. The number of benzene rings is 3. The number of carbonyl (C=O) groups excluding carboxylic acids is 1. The van der Waals surface area contributed by atoms with Gasteiger partial charge in [0.05, 0.1) is 31.8 Å². The van der Waals surface area contributed by atoms with Gasteiger partial charge in [0, 0.05) is 22.4 Å². The summed E-state index contributed by atoms with van der Waals surface area (Å²) in [6.07, 6.45) is -1.63. The van der Waals surface area contributed by atoms with Gasteiger partial charge < -0.3 is 19.2 Å². The van der Waals surface area contributed by atoms with Crippen molar-refractivity contribution in [3.05, 3.63) is 84.2 Å². The van der Waals surface area contributed by atoms with Crippen molar-refractivity contribution in [2.24, 2.45) is 0 Å². The van der Waals surface area contributed by atoms with Gasteiger partial charge in [0.2, 0.25) is 0 Å². The maximum atomic E-state index is 14.0. The summed E-state index contributed by atoms with van der Waals surface area (Å²) in [7, 11) is 3.03. The Bertz CT molecular complexity index is 1830. The fourth-order valence-corrected chi connectivity index (χ4v) is 4.42. The SMILES string of the molecule is COc1ccc(-c2cc(C(F)F)n3ncc(C(=O)Nc4cc5oc6ccccc6c5cc4OC)c3n2)cc1. The number of para-hydroxylation sites is 1. The van der Waals surface area contributed by atoms with Crippen LogP contribution in [0.15, 0.2) is 77.3 Å². The van der Waals surface area contributed by atoms with Gasteiger partial charge in [-0.2, -0.15) is 5.10 Å². The predicted molar refractivity (Wildman–Crippen MR) is 138 cm³/mol. The summed E-state index contributed by atoms with van der Waals surface area (Å²) >= 11 is 0. The van der Waals surface area contributed by atoms with Crippen LogP contribution in [0.5, 0.6) is 11.5 Å². The fourth-order valence-electron chi connectivity index (χ4n) is 4.42. The second-order valence-electron chi connectivity index (χ2n) is 8.49. The number of fused-ring (bicyclic) bond motifs is 4. The molecule has 1 N–H and O–H groups in total. The first-order chi connectivity index (χ1) is 18.5. The van der Waals surface area contributed by atoms with Crippen LogP contribution in [0.2, 0.25) is 0 Å². The number of ether oxygens (including phenoxy) is 2. The molecule has 0 aliphatic rings. The van der Waals surface area contributed by atoms with Gasteiger partial charge in [-0.05, 0) is 42.5 Å². The zero-order valence-electron chi connectivity index (χ0n) is 20.2. The molecule has 8 nitrogen and oxygen atoms in total. The highest BCUT2D eigenvalue weighted by molar-refractivity contribution is 6.11. The van der Waals surface area contributed by atoms with E-state index in [0.29, 0.717) is 33.9 Å². The maximum Gasteiger partial charge on any atom is 0.280 e. The third kappa shape index (κ3) is 3.86. The summed E-state index contributed by atoms with van der Waals surface area (Å²) < 4.78 is 45.5. The van der Waals surface area contributed by atoms with E-state index in [9.17, 15) is 13.6 Å². The molecule has 190 valence electrons. The van der Waals surface area contributed by atoms with E-state index < -0.39 is 12.3 Å². The molecular formula is C28H20F2N4O4. The van der Waals surface area contributed by atoms with Crippen molar-refractivity contribution in [1.29, 1.82) is 0 Å². The molecule has 38 heavy (non-hydrogen) atoms. The Morgan fingerprint density at radius 1 is 0.974 bits per heavy atom. The van der Waals surface area contributed by atoms with Gasteiger partial charge in [0.1, 0.15) is 33.9 Å². The van der Waals surface area contributed by atoms with Crippen LogP contribution in [0.1, 0.15) is 22.5 Å². The van der Waals surface area contributed by atoms with Gasteiger partial charge in [0.15, 0.2) is 5.65 Å². The molecule has 3 heterocycles. The maximum absolute atomic E-state index is 14.0. The van der Waals surface area contributed by atoms with E-state index in [4.69, 9.17) is 13.9 Å². The summed E-state index contributed by atoms with van der Waals surface area (Å²) in [6, 6.07) is 19.1. The number of hydrogen-bond acceptors (Lipinski definition) is 6. The number of methoxy groups -OCH3 is 2. The molecule has 0 saturated carbocycles. The highest BCUT2D eigenvalue weighted by Crippen LogP contribution is 2.37. The molecule has 6 aromatic rings. The highest BCUT2D eigenvalue weighted by atomic mass is 19.3. The molecule has 3 aromatic carbocycles. The molecular weight excluding hydrogens is 494 g/mol. The van der Waals surface area contributed by atoms with Crippen LogP contribution in [0, 0.1) is 0 Å². The van der Waals surface area contributed by atoms with E-state index in [1.165, 1.54) is 26.5 Å². The van der Waals surface area contributed by atoms with Crippen molar-refractivity contribution in [3.63, 3.8) is 0 Å². The van der Waals surface area contributed by atoms with Crippen LogP contribution in [-0.2, 0) is 0 Å². The van der Waals surface area contributed by atoms with Crippen LogP contribution < -0.4 is 14.8 Å². The van der Waals surface area contributed by atoms with Crippen molar-refractivity contribution < 1.29 is 27.5 Å². The second-order valence-corrected chi connectivity index (χ2v) is 8.49. The molecule has 0 fully saturated rings. The van der Waals surface area contributed by atoms with E-state index in [1.807, 2.05) is 24.3 Å². The number of amides is 1. The lowest BCUT2D eigenvalue weighted by molar-refractivity contribution is 0.102. The predicted octanol–water partition coefficient (Wildman–Crippen LogP) is 6.50. The van der Waals surface area contributed by atoms with Gasteiger partial charge in [-0.3, -0.25) is 4.79 Å². The number of anilines is 1. The van der Waals surface area contributed by atoms with E-state index in [2.05, 4.69) is 15.4 Å². The summed E-state index contributed by atoms with van der Waals surface area (Å²) in [5, 5.41) is 8.57. The van der Waals surface area contributed by atoms with E-state index >= 15 is 0 Å². The number of furan rings is 1. The Morgan fingerprint density at radius 3 is 2.50 bits per heavy atom. The molecule has 0 aliphatic carbocycles. The lowest BCUT2D eigenvalue weighted by Crippen LogP contribution is -2.13. The Morgan fingerprint density at radius 2 is 1.76 bits per heavy atom. The van der Waals surface area contributed by atoms with Crippen LogP contribution in [-0.4, -0.2) is 34.7 Å². The minimum Gasteiger partial charge on any atom is -0.497 e. The third-order valence-electron chi connectivity index (χ3n) is 6.30. The van der Waals surface area contributed by atoms with Crippen LogP contribution in [0.3, 0.4) is 0 Å². The van der Waals surface area contributed by atoms with Crippen molar-refractivity contribution in [3.8, 4) is 22.8 Å². The Labute approximate surface area is 214 Å². The summed E-state index contributed by atoms with van der Waals surface area (Å²) in [5.41, 5.74) is 2.09. The van der Waals surface area contributed by atoms with Crippen LogP contribution in [0.4, 0.5) is 14.5 Å². The van der Waals surface area contributed by atoms with Gasteiger partial charge in [-0.25, -0.2) is 18.3 Å². The lowest BCUT2D eigenvalue weighted by Gasteiger charge is -2.11. The number of nitrogens with one attached hydrogen (secondary N) is 1. The monoisotopic (exact) mass is 514 g/mol. The number of nitrogens with zero attached hydrogens (tertiary/aromatic N) is 3. The largest absolute Gasteiger partial charge is 0.497 e. The zero-order valence-corrected chi connectivity index (χ0v) is 20.2. The number of hydrogen-bond donors (Lipinski definition) is 1. The summed E-state index contributed by atoms with van der Waals surface area (Å²) in [5.74, 6) is 0.436. The van der Waals surface area contributed by atoms with E-state index in [1.54, 1.807) is 36.4 Å². The molecule has 0 unspecified atom stereocenters. The molecule has 10 heteroatoms. The van der Waals surface area contributed by atoms with E-state index in [0.717, 1.165) is 15.3 Å². The van der Waals surface area contributed by atoms with Crippen LogP contribution >= 0.6 is 0 Å². The second kappa shape index (κ2) is 9.15. The third-order valence-corrected chi connectivity index (χ3v) is 6.30. The lowest BCUT2D eigenvalue weighted by atomic mass is 10.1. The smallest absolute Gasteiger partial charge is 0.280 e. The van der Waals surface area contributed by atoms with Gasteiger partial charge in [-0.1, -0.05) is 18.2 Å². The fraction of sp³-hybridized carbons (Fsp3) is 0.107. The standard InChI is InChI=1S/C28H20F2N4O4/c1-36-16-9-7-15(8-10-16)20-12-22(26(29)30)34-27(32-20)19(14-31-34)28(35)33-21-13-24-18(11-25(21)37-2)17-5-3-4-6-23(17)38-24/h3-14,26H,1-2H3,(H,33,35). The van der Waals surface area contributed by atoms with Crippen LogP contribution in [0.25, 0.3) is 38.8 Å². The van der Waals surface area contributed by atoms with Crippen molar-refractivity contribution in [2.75, 3.05) is 19.5 Å². The Hall–Kier alpha value is -4.99. The minimum absolute atomic E-state index is 0.00472. The minimum atomic E-state index is -2.84. The van der Waals surface area contributed by atoms with Gasteiger partial charge in [-0.15, -0.1) is 0 Å². The van der Waals surface area contributed by atoms with Crippen molar-refractivity contribution >= 4 is 39.2 Å². The molecule has 0 radical (unpaired) electrons. The number of rotatable bonds is 6. The number of carbonyl (C=O) groups is 1. The molecule has 1 amide bonds. The molecule has 6 rings (SSSR count). The van der Waals surface area contributed by atoms with E-state index in [-0.39, 0.29) is 22.6 Å². The molecule has 0 bridgehead atoms. The normalized spacial score (nSPS) is 11.5.